The summed E-state index contributed by atoms with van der Waals surface area (Å²) in [5.74, 6) is 0. The molecular weight excluding hydrogens is 580 g/mol. The summed E-state index contributed by atoms with van der Waals surface area (Å²) in [4.78, 5) is 11.0. The molecule has 0 radical (unpaired) electrons. The Kier molecular flexibility index (Phi) is 32.9. The fourth-order valence-corrected chi connectivity index (χ4v) is 6.31. The first-order valence-electron chi connectivity index (χ1n) is 20.2. The van der Waals surface area contributed by atoms with E-state index in [1.54, 1.807) is 0 Å². The summed E-state index contributed by atoms with van der Waals surface area (Å²) in [6, 6.07) is 0. The molecule has 2 unspecified atom stereocenters. The zero-order valence-electron chi connectivity index (χ0n) is 31.1. The minimum atomic E-state index is -0.0806. The van der Waals surface area contributed by atoms with Crippen molar-refractivity contribution in [3.8, 4) is 0 Å². The first-order chi connectivity index (χ1) is 23.3. The van der Waals surface area contributed by atoms with Gasteiger partial charge in [0.25, 0.3) is 6.47 Å². The monoisotopic (exact) mass is 657 g/mol. The minimum Gasteiger partial charge on any atom is -0.464 e. The van der Waals surface area contributed by atoms with Crippen molar-refractivity contribution in [1.82, 2.24) is 0 Å². The summed E-state index contributed by atoms with van der Waals surface area (Å²) in [6.45, 7) is 6.70. The second-order valence-electron chi connectivity index (χ2n) is 13.7. The highest BCUT2D eigenvalue weighted by Crippen LogP contribution is 2.26. The van der Waals surface area contributed by atoms with Gasteiger partial charge in [0.15, 0.2) is 0 Å². The molecule has 0 saturated heterocycles. The van der Waals surface area contributed by atoms with Crippen LogP contribution in [0.4, 0.5) is 0 Å². The molecule has 0 spiro atoms. The lowest BCUT2D eigenvalue weighted by atomic mass is 9.92. The topological polar surface area (TPSA) is 44.8 Å². The molecule has 0 aromatic carbocycles. The number of carbonyl (C=O) groups excluding carboxylic acids is 1. The number of hydrogen-bond donors (Lipinski definition) is 0. The Balaban J connectivity index is 2.00. The molecule has 0 heterocycles. The maximum Gasteiger partial charge on any atom is 0.293 e. The lowest BCUT2D eigenvalue weighted by Crippen LogP contribution is -2.37. The largest absolute Gasteiger partial charge is 0.464 e. The molecule has 4 nitrogen and oxygen atoms in total. The Morgan fingerprint density at radius 1 is 0.426 bits per heavy atom. The van der Waals surface area contributed by atoms with Crippen molar-refractivity contribution in [2.24, 2.45) is 0 Å². The highest BCUT2D eigenvalue weighted by Gasteiger charge is 2.31. The van der Waals surface area contributed by atoms with Gasteiger partial charge in [0.05, 0.1) is 12.2 Å². The number of unbranched alkanes of at least 4 members (excludes halogenated alkanes) is 18. The molecule has 1 fully saturated rings. The van der Waals surface area contributed by atoms with Crippen LogP contribution < -0.4 is 0 Å². The smallest absolute Gasteiger partial charge is 0.293 e. The van der Waals surface area contributed by atoms with Gasteiger partial charge in [0.1, 0.15) is 6.10 Å². The quantitative estimate of drug-likeness (QED) is 0.0393. The fraction of sp³-hybridized carbons (Fsp3) is 0.791. The molecule has 0 aromatic rings. The van der Waals surface area contributed by atoms with Crippen LogP contribution in [0.3, 0.4) is 0 Å². The van der Waals surface area contributed by atoms with E-state index < -0.39 is 0 Å². The molecule has 0 aliphatic heterocycles. The van der Waals surface area contributed by atoms with E-state index in [9.17, 15) is 4.79 Å². The zero-order chi connectivity index (χ0) is 33.7. The predicted molar refractivity (Wildman–Crippen MR) is 203 cm³/mol. The van der Waals surface area contributed by atoms with Gasteiger partial charge in [-0.05, 0) is 77.0 Å². The molecule has 1 aliphatic rings. The van der Waals surface area contributed by atoms with Crippen molar-refractivity contribution >= 4 is 6.47 Å². The van der Waals surface area contributed by atoms with Crippen molar-refractivity contribution in [2.45, 2.75) is 206 Å². The molecule has 0 aromatic heterocycles. The molecular formula is C43H76O4. The van der Waals surface area contributed by atoms with Gasteiger partial charge in [-0.1, -0.05) is 140 Å². The maximum absolute atomic E-state index is 11.0. The molecule has 272 valence electrons. The van der Waals surface area contributed by atoms with Crippen molar-refractivity contribution < 1.29 is 19.0 Å². The van der Waals surface area contributed by atoms with Crippen molar-refractivity contribution in [2.75, 3.05) is 13.2 Å². The summed E-state index contributed by atoms with van der Waals surface area (Å²) in [7, 11) is 0. The number of carbonyl (C=O) groups is 1. The highest BCUT2D eigenvalue weighted by atomic mass is 16.5. The lowest BCUT2D eigenvalue weighted by molar-refractivity contribution is -0.143. The Morgan fingerprint density at radius 2 is 0.766 bits per heavy atom. The van der Waals surface area contributed by atoms with Gasteiger partial charge in [-0.25, -0.2) is 0 Å². The van der Waals surface area contributed by atoms with Gasteiger partial charge in [-0.2, -0.15) is 0 Å². The summed E-state index contributed by atoms with van der Waals surface area (Å²) in [5.41, 5.74) is 0. The second-order valence-corrected chi connectivity index (χ2v) is 13.7. The average Bonchev–Trinajstić information content (AvgIpc) is 3.07. The summed E-state index contributed by atoms with van der Waals surface area (Å²) in [6.07, 6.45) is 51.4. The third-order valence-electron chi connectivity index (χ3n) is 9.22. The van der Waals surface area contributed by atoms with E-state index in [1.807, 2.05) is 0 Å². The van der Waals surface area contributed by atoms with Gasteiger partial charge in [-0.15, -0.1) is 0 Å². The van der Waals surface area contributed by atoms with E-state index in [0.29, 0.717) is 6.47 Å². The number of hydrogen-bond acceptors (Lipinski definition) is 4. The van der Waals surface area contributed by atoms with Crippen molar-refractivity contribution in [3.63, 3.8) is 0 Å². The first-order valence-corrected chi connectivity index (χ1v) is 20.2. The average molecular weight is 657 g/mol. The summed E-state index contributed by atoms with van der Waals surface area (Å²) in [5, 5.41) is 0. The molecule has 1 aliphatic carbocycles. The third kappa shape index (κ3) is 30.2. The van der Waals surface area contributed by atoms with Crippen LogP contribution in [0, 0.1) is 0 Å². The van der Waals surface area contributed by atoms with Crippen LogP contribution in [0.25, 0.3) is 0 Å². The van der Waals surface area contributed by atoms with Gasteiger partial charge >= 0.3 is 0 Å². The van der Waals surface area contributed by atoms with Crippen LogP contribution in [0.2, 0.25) is 0 Å². The zero-order valence-corrected chi connectivity index (χ0v) is 31.1. The Morgan fingerprint density at radius 3 is 1.15 bits per heavy atom. The third-order valence-corrected chi connectivity index (χ3v) is 9.22. The van der Waals surface area contributed by atoms with Crippen molar-refractivity contribution in [1.29, 1.82) is 0 Å². The molecule has 0 bridgehead atoms. The van der Waals surface area contributed by atoms with E-state index in [0.717, 1.165) is 58.2 Å². The van der Waals surface area contributed by atoms with E-state index in [-0.39, 0.29) is 18.3 Å². The molecule has 2 atom stereocenters. The Hall–Kier alpha value is -1.65. The molecule has 0 N–H and O–H groups in total. The van der Waals surface area contributed by atoms with Gasteiger partial charge < -0.3 is 14.2 Å². The van der Waals surface area contributed by atoms with Gasteiger partial charge in [-0.3, -0.25) is 4.79 Å². The van der Waals surface area contributed by atoms with Crippen LogP contribution in [0.15, 0.2) is 48.6 Å². The summed E-state index contributed by atoms with van der Waals surface area (Å²) < 4.78 is 17.9. The number of ether oxygens (including phenoxy) is 3. The maximum atomic E-state index is 11.0. The summed E-state index contributed by atoms with van der Waals surface area (Å²) >= 11 is 0. The molecule has 4 heteroatoms. The molecule has 1 rings (SSSR count). The van der Waals surface area contributed by atoms with Crippen LogP contribution in [0.1, 0.15) is 187 Å². The van der Waals surface area contributed by atoms with Crippen LogP contribution in [-0.4, -0.2) is 38.0 Å². The minimum absolute atomic E-state index is 0.0806. The Bertz CT molecular complexity index is 712. The fourth-order valence-electron chi connectivity index (χ4n) is 6.31. The van der Waals surface area contributed by atoms with Crippen LogP contribution in [0.5, 0.6) is 0 Å². The van der Waals surface area contributed by atoms with E-state index in [2.05, 4.69) is 62.5 Å². The number of rotatable bonds is 34. The SMILES string of the molecule is CCCCCC=CCC=CCCCCCCCCOC1CC(OC=O)CC(OCCCCCCCCC=CCC=CCCCCC)C1. The van der Waals surface area contributed by atoms with E-state index in [4.69, 9.17) is 14.2 Å². The first kappa shape index (κ1) is 43.4. The van der Waals surface area contributed by atoms with Gasteiger partial charge in [0, 0.05) is 32.5 Å². The number of allylic oxidation sites excluding steroid dienone is 8. The predicted octanol–water partition coefficient (Wildman–Crippen LogP) is 13.1. The van der Waals surface area contributed by atoms with Crippen LogP contribution >= 0.6 is 0 Å². The normalized spacial score (nSPS) is 18.8. The van der Waals surface area contributed by atoms with Gasteiger partial charge in [0.2, 0.25) is 0 Å². The molecule has 1 saturated carbocycles. The lowest BCUT2D eigenvalue weighted by Gasteiger charge is -2.33. The van der Waals surface area contributed by atoms with E-state index >= 15 is 0 Å². The van der Waals surface area contributed by atoms with E-state index in [1.165, 1.54) is 128 Å². The molecule has 47 heavy (non-hydrogen) atoms. The second kappa shape index (κ2) is 35.7. The molecule has 0 amide bonds. The van der Waals surface area contributed by atoms with Crippen LogP contribution in [-0.2, 0) is 19.0 Å². The van der Waals surface area contributed by atoms with Crippen molar-refractivity contribution in [3.05, 3.63) is 48.6 Å². The highest BCUT2D eigenvalue weighted by molar-refractivity contribution is 5.37. The standard InChI is InChI=1S/C43H76O4/c1-3-5-7-9-11-13-15-17-19-21-23-25-27-29-31-33-35-45-41-37-42(39-43(38-41)47-40-44)46-36-34-32-30-28-26-24-22-20-18-16-14-12-10-8-6-4-2/h11-14,17-20,40-43H,3-10,15-16,21-39H2,1-2H3. The Labute approximate surface area is 292 Å².